The molecule has 0 bridgehead atoms. The number of carbonyl (C=O) groups is 2. The second kappa shape index (κ2) is 8.54. The molecule has 0 aromatic heterocycles. The van der Waals surface area contributed by atoms with Crippen LogP contribution in [0, 0.1) is 13.8 Å². The first-order chi connectivity index (χ1) is 10.3. The van der Waals surface area contributed by atoms with Crippen molar-refractivity contribution in [2.75, 3.05) is 39.0 Å². The van der Waals surface area contributed by atoms with Gasteiger partial charge in [0, 0.05) is 19.2 Å². The number of carbonyl (C=O) groups excluding carboxylic acids is 2. The zero-order chi connectivity index (χ0) is 16.7. The van der Waals surface area contributed by atoms with Gasteiger partial charge < -0.3 is 15.1 Å². The molecule has 5 nitrogen and oxygen atoms in total. The van der Waals surface area contributed by atoms with Gasteiger partial charge in [0.15, 0.2) is 0 Å². The predicted molar refractivity (Wildman–Crippen MR) is 90.0 cm³/mol. The number of anilines is 1. The second-order valence-electron chi connectivity index (χ2n) is 5.91. The van der Waals surface area contributed by atoms with Gasteiger partial charge in [0.25, 0.3) is 0 Å². The summed E-state index contributed by atoms with van der Waals surface area (Å²) in [5.41, 5.74) is 2.88. The largest absolute Gasteiger partial charge is 0.334 e. The van der Waals surface area contributed by atoms with Crippen molar-refractivity contribution in [3.63, 3.8) is 0 Å². The van der Waals surface area contributed by atoms with E-state index in [0.717, 1.165) is 29.8 Å². The third-order valence-corrected chi connectivity index (χ3v) is 3.56. The third-order valence-electron chi connectivity index (χ3n) is 3.56. The van der Waals surface area contributed by atoms with E-state index in [2.05, 4.69) is 10.2 Å². The Morgan fingerprint density at radius 1 is 1.09 bits per heavy atom. The Hall–Kier alpha value is -1.88. The van der Waals surface area contributed by atoms with Crippen molar-refractivity contribution in [1.29, 1.82) is 0 Å². The molecule has 122 valence electrons. The fraction of sp³-hybridized carbons (Fsp3) is 0.529. The summed E-state index contributed by atoms with van der Waals surface area (Å²) in [5, 5.41) is 2.92. The van der Waals surface area contributed by atoms with Gasteiger partial charge in [-0.1, -0.05) is 18.2 Å². The zero-order valence-electron chi connectivity index (χ0n) is 14.3. The molecule has 1 rings (SSSR count). The molecule has 22 heavy (non-hydrogen) atoms. The monoisotopic (exact) mass is 305 g/mol. The maximum absolute atomic E-state index is 12.2. The average Bonchev–Trinajstić information content (AvgIpc) is 2.41. The normalized spacial score (nSPS) is 10.6. The summed E-state index contributed by atoms with van der Waals surface area (Å²) in [7, 11) is 3.98. The van der Waals surface area contributed by atoms with Crippen molar-refractivity contribution in [3.8, 4) is 0 Å². The van der Waals surface area contributed by atoms with Crippen LogP contribution in [-0.4, -0.2) is 55.3 Å². The topological polar surface area (TPSA) is 52.7 Å². The lowest BCUT2D eigenvalue weighted by molar-refractivity contribution is -0.132. The predicted octanol–water partition coefficient (Wildman–Crippen LogP) is 2.04. The maximum atomic E-state index is 12.2. The van der Waals surface area contributed by atoms with Crippen LogP contribution in [0.15, 0.2) is 18.2 Å². The molecule has 1 aromatic rings. The summed E-state index contributed by atoms with van der Waals surface area (Å²) in [4.78, 5) is 27.5. The van der Waals surface area contributed by atoms with E-state index in [9.17, 15) is 9.59 Å². The van der Waals surface area contributed by atoms with E-state index in [4.69, 9.17) is 0 Å². The van der Waals surface area contributed by atoms with Crippen molar-refractivity contribution in [2.24, 2.45) is 0 Å². The number of hydrogen-bond acceptors (Lipinski definition) is 3. The van der Waals surface area contributed by atoms with Gasteiger partial charge in [-0.05, 0) is 52.0 Å². The van der Waals surface area contributed by atoms with Gasteiger partial charge in [-0.25, -0.2) is 0 Å². The average molecular weight is 305 g/mol. The maximum Gasteiger partial charge on any atom is 0.244 e. The van der Waals surface area contributed by atoms with Crippen LogP contribution >= 0.6 is 0 Å². The van der Waals surface area contributed by atoms with Gasteiger partial charge in [0.2, 0.25) is 11.8 Å². The van der Waals surface area contributed by atoms with Gasteiger partial charge in [0.1, 0.15) is 0 Å². The highest BCUT2D eigenvalue weighted by molar-refractivity contribution is 5.95. The number of nitrogens with zero attached hydrogens (tertiary/aromatic N) is 2. The fourth-order valence-electron chi connectivity index (χ4n) is 2.29. The number of hydrogen-bond donors (Lipinski definition) is 1. The molecule has 0 fully saturated rings. The van der Waals surface area contributed by atoms with Crippen LogP contribution < -0.4 is 5.32 Å². The number of nitrogens with one attached hydrogen (secondary N) is 1. The van der Waals surface area contributed by atoms with Crippen LogP contribution in [0.4, 0.5) is 5.69 Å². The molecule has 0 radical (unpaired) electrons. The molecule has 0 unspecified atom stereocenters. The summed E-state index contributed by atoms with van der Waals surface area (Å²) in [5.74, 6) is -0.229. The van der Waals surface area contributed by atoms with Gasteiger partial charge in [-0.2, -0.15) is 0 Å². The molecule has 0 heterocycles. The van der Waals surface area contributed by atoms with E-state index in [0.29, 0.717) is 6.54 Å². The lowest BCUT2D eigenvalue weighted by Gasteiger charge is -2.22. The van der Waals surface area contributed by atoms with E-state index in [1.54, 1.807) is 4.90 Å². The molecule has 1 aromatic carbocycles. The number of para-hydroxylation sites is 1. The Labute approximate surface area is 133 Å². The number of amides is 2. The first-order valence-corrected chi connectivity index (χ1v) is 7.57. The molecular formula is C17H27N3O2. The number of rotatable bonds is 7. The number of aryl methyl sites for hydroxylation is 2. The van der Waals surface area contributed by atoms with Crippen LogP contribution in [0.5, 0.6) is 0 Å². The number of benzene rings is 1. The van der Waals surface area contributed by atoms with Gasteiger partial charge in [-0.15, -0.1) is 0 Å². The summed E-state index contributed by atoms with van der Waals surface area (Å²) >= 11 is 0. The van der Waals surface area contributed by atoms with Gasteiger partial charge >= 0.3 is 0 Å². The third kappa shape index (κ3) is 5.85. The molecule has 0 aliphatic heterocycles. The first-order valence-electron chi connectivity index (χ1n) is 7.57. The molecule has 0 saturated heterocycles. The molecule has 0 spiro atoms. The Morgan fingerprint density at radius 3 is 2.18 bits per heavy atom. The molecule has 5 heteroatoms. The van der Waals surface area contributed by atoms with Crippen LogP contribution in [0.3, 0.4) is 0 Å². The summed E-state index contributed by atoms with van der Waals surface area (Å²) in [6, 6.07) is 5.88. The molecule has 0 saturated carbocycles. The van der Waals surface area contributed by atoms with Crippen molar-refractivity contribution in [3.05, 3.63) is 29.3 Å². The van der Waals surface area contributed by atoms with Crippen LogP contribution in [0.2, 0.25) is 0 Å². The minimum Gasteiger partial charge on any atom is -0.334 e. The van der Waals surface area contributed by atoms with Crippen molar-refractivity contribution in [2.45, 2.75) is 27.2 Å². The van der Waals surface area contributed by atoms with Gasteiger partial charge in [0.05, 0.1) is 6.54 Å². The molecule has 0 aliphatic carbocycles. The highest BCUT2D eigenvalue weighted by Gasteiger charge is 2.14. The summed E-state index contributed by atoms with van der Waals surface area (Å²) < 4.78 is 0. The molecule has 1 N–H and O–H groups in total. The lowest BCUT2D eigenvalue weighted by Crippen LogP contribution is -2.38. The van der Waals surface area contributed by atoms with Crippen molar-refractivity contribution in [1.82, 2.24) is 9.80 Å². The lowest BCUT2D eigenvalue weighted by atomic mass is 10.1. The van der Waals surface area contributed by atoms with Gasteiger partial charge in [-0.3, -0.25) is 9.59 Å². The molecular weight excluding hydrogens is 278 g/mol. The standard InChI is InChI=1S/C17H27N3O2/c1-13-8-6-9-14(2)17(13)18-16(22)12-20(15(3)21)11-7-10-19(4)5/h6,8-9H,7,10-12H2,1-5H3,(H,18,22). The van der Waals surface area contributed by atoms with Crippen LogP contribution in [0.1, 0.15) is 24.5 Å². The zero-order valence-corrected chi connectivity index (χ0v) is 14.3. The Balaban J connectivity index is 2.62. The van der Waals surface area contributed by atoms with E-state index >= 15 is 0 Å². The summed E-state index contributed by atoms with van der Waals surface area (Å²) in [6.45, 7) is 7.00. The Bertz CT molecular complexity index is 506. The Morgan fingerprint density at radius 2 is 1.68 bits per heavy atom. The van der Waals surface area contributed by atoms with Crippen LogP contribution in [-0.2, 0) is 9.59 Å². The molecule has 0 aliphatic rings. The second-order valence-corrected chi connectivity index (χ2v) is 5.91. The highest BCUT2D eigenvalue weighted by Crippen LogP contribution is 2.19. The first kappa shape index (κ1) is 18.2. The fourth-order valence-corrected chi connectivity index (χ4v) is 2.29. The minimum atomic E-state index is -0.155. The molecule has 2 amide bonds. The minimum absolute atomic E-state index is 0.0737. The van der Waals surface area contributed by atoms with E-state index in [1.807, 2.05) is 46.1 Å². The smallest absolute Gasteiger partial charge is 0.244 e. The Kier molecular flexibility index (Phi) is 7.05. The summed E-state index contributed by atoms with van der Waals surface area (Å²) in [6.07, 6.45) is 0.850. The van der Waals surface area contributed by atoms with Crippen molar-refractivity contribution < 1.29 is 9.59 Å². The SMILES string of the molecule is CC(=O)N(CCCN(C)C)CC(=O)Nc1c(C)cccc1C. The highest BCUT2D eigenvalue weighted by atomic mass is 16.2. The van der Waals surface area contributed by atoms with Crippen molar-refractivity contribution >= 4 is 17.5 Å². The van der Waals surface area contributed by atoms with E-state index in [-0.39, 0.29) is 18.4 Å². The molecule has 0 atom stereocenters. The van der Waals surface area contributed by atoms with E-state index < -0.39 is 0 Å². The van der Waals surface area contributed by atoms with E-state index in [1.165, 1.54) is 6.92 Å². The quantitative estimate of drug-likeness (QED) is 0.839. The van der Waals surface area contributed by atoms with Crippen LogP contribution in [0.25, 0.3) is 0 Å².